The van der Waals surface area contributed by atoms with Gasteiger partial charge in [0.05, 0.1) is 24.4 Å². The highest BCUT2D eigenvalue weighted by atomic mass is 32.2. The normalized spacial score (nSPS) is 21.6. The molecule has 7 nitrogen and oxygen atoms in total. The van der Waals surface area contributed by atoms with Gasteiger partial charge in [-0.15, -0.1) is 0 Å². The van der Waals surface area contributed by atoms with Crippen molar-refractivity contribution < 1.29 is 39.6 Å². The van der Waals surface area contributed by atoms with Gasteiger partial charge in [0.25, 0.3) is 0 Å². The van der Waals surface area contributed by atoms with E-state index in [0.29, 0.717) is 30.8 Å². The molecule has 2 aromatic rings. The highest BCUT2D eigenvalue weighted by Gasteiger charge is 2.49. The zero-order valence-corrected chi connectivity index (χ0v) is 18.2. The van der Waals surface area contributed by atoms with Gasteiger partial charge in [-0.3, -0.25) is 0 Å². The molecular weight excluding hydrogens is 480 g/mol. The van der Waals surface area contributed by atoms with Crippen molar-refractivity contribution >= 4 is 15.7 Å². The highest BCUT2D eigenvalue weighted by molar-refractivity contribution is 7.88. The first-order valence-electron chi connectivity index (χ1n) is 10.2. The van der Waals surface area contributed by atoms with E-state index in [1.54, 1.807) is 12.1 Å². The van der Waals surface area contributed by atoms with Crippen molar-refractivity contribution in [1.82, 2.24) is 5.32 Å². The molecule has 5 rings (SSSR count). The standard InChI is InChI=1S/C22H18F4N2O5S/c23-17-8-13(12-3-5-31-6-4-12)7-16-20(17)32-18-2-1-14(33-34(29,30)22(24,25)26)9-15(18)21(16)10-19(27)28-11-21/h1-3,7-10,28H,4-6,11,27H2. The maximum Gasteiger partial charge on any atom is 0.534 e. The lowest BCUT2D eigenvalue weighted by molar-refractivity contribution is -0.0500. The number of alkyl halides is 3. The molecule has 1 atom stereocenters. The van der Waals surface area contributed by atoms with Crippen LogP contribution in [0, 0.1) is 5.82 Å². The Bertz CT molecular complexity index is 1350. The molecule has 0 aliphatic carbocycles. The van der Waals surface area contributed by atoms with Crippen LogP contribution in [0.1, 0.15) is 23.1 Å². The lowest BCUT2D eigenvalue weighted by Crippen LogP contribution is -2.35. The first-order chi connectivity index (χ1) is 16.0. The minimum atomic E-state index is -5.89. The van der Waals surface area contributed by atoms with Crippen LogP contribution in [-0.4, -0.2) is 33.7 Å². The Morgan fingerprint density at radius 2 is 1.94 bits per heavy atom. The lowest BCUT2D eigenvalue weighted by atomic mass is 9.72. The van der Waals surface area contributed by atoms with E-state index in [1.807, 2.05) is 6.08 Å². The smallest absolute Gasteiger partial charge is 0.454 e. The van der Waals surface area contributed by atoms with Crippen molar-refractivity contribution in [2.75, 3.05) is 19.8 Å². The summed E-state index contributed by atoms with van der Waals surface area (Å²) in [6.07, 6.45) is 4.03. The number of fused-ring (bicyclic) bond motifs is 4. The number of halogens is 4. The monoisotopic (exact) mass is 498 g/mol. The molecule has 0 bridgehead atoms. The van der Waals surface area contributed by atoms with Gasteiger partial charge < -0.3 is 24.7 Å². The molecule has 0 aromatic heterocycles. The second-order valence-electron chi connectivity index (χ2n) is 8.06. The zero-order valence-electron chi connectivity index (χ0n) is 17.4. The van der Waals surface area contributed by atoms with Gasteiger partial charge in [0.15, 0.2) is 11.6 Å². The Morgan fingerprint density at radius 3 is 2.59 bits per heavy atom. The van der Waals surface area contributed by atoms with Crippen molar-refractivity contribution in [3.05, 3.63) is 70.8 Å². The molecule has 0 fully saturated rings. The molecule has 3 aliphatic rings. The quantitative estimate of drug-likeness (QED) is 0.379. The van der Waals surface area contributed by atoms with Crippen molar-refractivity contribution in [3.63, 3.8) is 0 Å². The second-order valence-corrected chi connectivity index (χ2v) is 9.59. The molecule has 2 aromatic carbocycles. The number of ether oxygens (including phenoxy) is 2. The Balaban J connectivity index is 1.67. The van der Waals surface area contributed by atoms with Crippen molar-refractivity contribution in [2.45, 2.75) is 17.3 Å². The largest absolute Gasteiger partial charge is 0.534 e. The fourth-order valence-corrected chi connectivity index (χ4v) is 4.84. The van der Waals surface area contributed by atoms with E-state index in [1.165, 1.54) is 12.1 Å². The van der Waals surface area contributed by atoms with E-state index in [0.717, 1.165) is 17.7 Å². The number of hydrogen-bond acceptors (Lipinski definition) is 7. The topological polar surface area (TPSA) is 99.9 Å². The van der Waals surface area contributed by atoms with Crippen LogP contribution in [0.15, 0.2) is 48.3 Å². The third-order valence-electron chi connectivity index (χ3n) is 5.96. The minimum Gasteiger partial charge on any atom is -0.454 e. The SMILES string of the molecule is NC1=CC2(CN1)c1cc(OS(=O)(=O)C(F)(F)F)ccc1Oc1c(F)cc(C3=CCOCC3)cc12. The zero-order chi connectivity index (χ0) is 24.3. The first-order valence-corrected chi connectivity index (χ1v) is 11.6. The van der Waals surface area contributed by atoms with E-state index >= 15 is 4.39 Å². The maximum absolute atomic E-state index is 15.3. The van der Waals surface area contributed by atoms with E-state index < -0.39 is 32.6 Å². The van der Waals surface area contributed by atoms with Crippen molar-refractivity contribution in [2.24, 2.45) is 5.73 Å². The summed E-state index contributed by atoms with van der Waals surface area (Å²) in [5, 5.41) is 2.96. The molecule has 1 spiro atoms. The van der Waals surface area contributed by atoms with Crippen molar-refractivity contribution in [3.8, 4) is 17.2 Å². The predicted octanol–water partition coefficient (Wildman–Crippen LogP) is 3.65. The van der Waals surface area contributed by atoms with Gasteiger partial charge >= 0.3 is 15.6 Å². The van der Waals surface area contributed by atoms with E-state index in [2.05, 4.69) is 9.50 Å². The predicted molar refractivity (Wildman–Crippen MR) is 113 cm³/mol. The van der Waals surface area contributed by atoms with Crippen LogP contribution < -0.4 is 20.0 Å². The average Bonchev–Trinajstić information content (AvgIpc) is 3.17. The number of benzene rings is 2. The molecule has 3 aliphatic heterocycles. The Labute approximate surface area is 191 Å². The summed E-state index contributed by atoms with van der Waals surface area (Å²) in [5.41, 5.74) is 1.40. The highest BCUT2D eigenvalue weighted by Crippen LogP contribution is 2.53. The van der Waals surface area contributed by atoms with Gasteiger partial charge in [0.1, 0.15) is 11.5 Å². The van der Waals surface area contributed by atoms with Crippen LogP contribution >= 0.6 is 0 Å². The van der Waals surface area contributed by atoms with Gasteiger partial charge in [0, 0.05) is 17.7 Å². The molecule has 3 heterocycles. The fraction of sp³-hybridized carbons (Fsp3) is 0.273. The number of nitrogens with one attached hydrogen (secondary N) is 1. The van der Waals surface area contributed by atoms with Crippen molar-refractivity contribution in [1.29, 1.82) is 0 Å². The second kappa shape index (κ2) is 7.64. The molecular formula is C22H18F4N2O5S. The fourth-order valence-electron chi connectivity index (χ4n) is 4.39. The molecule has 0 amide bonds. The first kappa shape index (κ1) is 22.5. The van der Waals surface area contributed by atoms with Crippen LogP contribution in [0.3, 0.4) is 0 Å². The molecule has 0 saturated heterocycles. The van der Waals surface area contributed by atoms with E-state index in [4.69, 9.17) is 15.2 Å². The number of nitrogens with two attached hydrogens (primary N) is 1. The van der Waals surface area contributed by atoms with Gasteiger partial charge in [-0.05, 0) is 54.0 Å². The molecule has 12 heteroatoms. The number of rotatable bonds is 3. The van der Waals surface area contributed by atoms with Gasteiger partial charge in [0.2, 0.25) is 0 Å². The molecule has 34 heavy (non-hydrogen) atoms. The Hall–Kier alpha value is -3.25. The summed E-state index contributed by atoms with van der Waals surface area (Å²) < 4.78 is 92.2. The van der Waals surface area contributed by atoms with Crippen LogP contribution in [-0.2, 0) is 20.3 Å². The maximum atomic E-state index is 15.3. The van der Waals surface area contributed by atoms with Gasteiger partial charge in [-0.1, -0.05) is 6.08 Å². The Morgan fingerprint density at radius 1 is 1.15 bits per heavy atom. The molecule has 0 radical (unpaired) electrons. The van der Waals surface area contributed by atoms with E-state index in [9.17, 15) is 21.6 Å². The average molecular weight is 498 g/mol. The van der Waals surface area contributed by atoms with Gasteiger partial charge in [-0.2, -0.15) is 21.6 Å². The summed E-state index contributed by atoms with van der Waals surface area (Å²) in [5.74, 6) is -0.833. The summed E-state index contributed by atoms with van der Waals surface area (Å²) in [4.78, 5) is 0. The van der Waals surface area contributed by atoms with Crippen LogP contribution in [0.2, 0.25) is 0 Å². The number of hydrogen-bond donors (Lipinski definition) is 2. The molecule has 180 valence electrons. The summed E-state index contributed by atoms with van der Waals surface area (Å²) in [6, 6.07) is 6.48. The van der Waals surface area contributed by atoms with E-state index in [-0.39, 0.29) is 29.4 Å². The van der Waals surface area contributed by atoms with Gasteiger partial charge in [-0.25, -0.2) is 4.39 Å². The minimum absolute atomic E-state index is 0.0479. The van der Waals surface area contributed by atoms with Crippen LogP contribution in [0.25, 0.3) is 5.57 Å². The third-order valence-corrected chi connectivity index (χ3v) is 6.94. The lowest BCUT2D eigenvalue weighted by Gasteiger charge is -2.36. The Kier molecular flexibility index (Phi) is 5.06. The van der Waals surface area contributed by atoms with Crippen LogP contribution in [0.4, 0.5) is 17.6 Å². The molecule has 0 saturated carbocycles. The third kappa shape index (κ3) is 3.57. The molecule has 1 unspecified atom stereocenters. The van der Waals surface area contributed by atoms with Crippen LogP contribution in [0.5, 0.6) is 17.2 Å². The molecule has 3 N–H and O–H groups in total. The summed E-state index contributed by atoms with van der Waals surface area (Å²) in [7, 11) is -5.89. The summed E-state index contributed by atoms with van der Waals surface area (Å²) >= 11 is 0. The summed E-state index contributed by atoms with van der Waals surface area (Å²) in [6.45, 7) is 1.02.